The monoisotopic (exact) mass is 488 g/mol. The minimum Gasteiger partial charge on any atom is -0.491 e. The van der Waals surface area contributed by atoms with Crippen molar-refractivity contribution in [1.29, 1.82) is 0 Å². The van der Waals surface area contributed by atoms with E-state index in [1.165, 1.54) is 28.8 Å². The Hall–Kier alpha value is -2.35. The predicted octanol–water partition coefficient (Wildman–Crippen LogP) is 6.67. The van der Waals surface area contributed by atoms with Gasteiger partial charge in [0.05, 0.1) is 22.7 Å². The highest BCUT2D eigenvalue weighted by molar-refractivity contribution is 7.99. The van der Waals surface area contributed by atoms with Crippen LogP contribution in [-0.2, 0) is 6.42 Å². The molecule has 4 rings (SSSR count). The van der Waals surface area contributed by atoms with Gasteiger partial charge in [0.15, 0.2) is 5.16 Å². The number of fused-ring (bicyclic) bond motifs is 1. The first kappa shape index (κ1) is 22.8. The molecule has 0 saturated carbocycles. The molecule has 0 N–H and O–H groups in total. The van der Waals surface area contributed by atoms with Gasteiger partial charge in [0, 0.05) is 10.6 Å². The van der Waals surface area contributed by atoms with E-state index in [0.29, 0.717) is 39.4 Å². The van der Waals surface area contributed by atoms with Gasteiger partial charge in [-0.2, -0.15) is 0 Å². The molecule has 0 spiro atoms. The van der Waals surface area contributed by atoms with Gasteiger partial charge in [-0.3, -0.25) is 9.36 Å². The zero-order valence-corrected chi connectivity index (χ0v) is 20.1. The van der Waals surface area contributed by atoms with Crippen LogP contribution in [-0.4, -0.2) is 21.9 Å². The number of benzene rings is 2. The summed E-state index contributed by atoms with van der Waals surface area (Å²) < 4.78 is 20.9. The maximum Gasteiger partial charge on any atom is 0.267 e. The van der Waals surface area contributed by atoms with E-state index in [-0.39, 0.29) is 11.4 Å². The van der Waals surface area contributed by atoms with Gasteiger partial charge in [-0.1, -0.05) is 48.8 Å². The molecular weight excluding hydrogens is 467 g/mol. The van der Waals surface area contributed by atoms with Crippen LogP contribution >= 0.6 is 34.7 Å². The Balaban J connectivity index is 1.69. The van der Waals surface area contributed by atoms with Crippen LogP contribution in [0.4, 0.5) is 4.39 Å². The van der Waals surface area contributed by atoms with Gasteiger partial charge in [-0.25, -0.2) is 9.37 Å². The third-order valence-corrected chi connectivity index (χ3v) is 7.46. The number of rotatable bonds is 8. The van der Waals surface area contributed by atoms with Gasteiger partial charge in [-0.05, 0) is 55.3 Å². The lowest BCUT2D eigenvalue weighted by molar-refractivity contribution is 0.344. The molecule has 0 radical (unpaired) electrons. The van der Waals surface area contributed by atoms with Crippen LogP contribution in [0.5, 0.6) is 5.75 Å². The van der Waals surface area contributed by atoms with Gasteiger partial charge >= 0.3 is 0 Å². The van der Waals surface area contributed by atoms with Crippen LogP contribution in [0.15, 0.2) is 58.5 Å². The van der Waals surface area contributed by atoms with E-state index >= 15 is 0 Å². The van der Waals surface area contributed by atoms with E-state index in [9.17, 15) is 9.18 Å². The van der Waals surface area contributed by atoms with E-state index in [4.69, 9.17) is 21.3 Å². The molecule has 2 aromatic carbocycles. The van der Waals surface area contributed by atoms with E-state index < -0.39 is 0 Å². The number of para-hydroxylation sites is 1. The van der Waals surface area contributed by atoms with Crippen molar-refractivity contribution < 1.29 is 9.13 Å². The molecule has 0 aliphatic rings. The molecule has 4 aromatic rings. The summed E-state index contributed by atoms with van der Waals surface area (Å²) >= 11 is 9.15. The summed E-state index contributed by atoms with van der Waals surface area (Å²) in [6.45, 7) is 4.50. The molecule has 0 aliphatic heterocycles. The largest absolute Gasteiger partial charge is 0.491 e. The SMILES string of the molecule is CCCc1sc2nc(SCCOc3ccccc3Cl)n(-c3ccc(F)cc3)c(=O)c2c1C. The van der Waals surface area contributed by atoms with E-state index in [1.54, 1.807) is 34.1 Å². The molecule has 0 atom stereocenters. The molecule has 32 heavy (non-hydrogen) atoms. The van der Waals surface area contributed by atoms with Gasteiger partial charge in [-0.15, -0.1) is 11.3 Å². The Kier molecular flexibility index (Phi) is 7.18. The third kappa shape index (κ3) is 4.70. The lowest BCUT2D eigenvalue weighted by atomic mass is 10.1. The van der Waals surface area contributed by atoms with Crippen LogP contribution in [0.1, 0.15) is 23.8 Å². The minimum absolute atomic E-state index is 0.132. The summed E-state index contributed by atoms with van der Waals surface area (Å²) in [5.74, 6) is 0.832. The summed E-state index contributed by atoms with van der Waals surface area (Å²) in [5.41, 5.74) is 1.44. The number of hydrogen-bond donors (Lipinski definition) is 0. The van der Waals surface area contributed by atoms with Crippen LogP contribution in [0.25, 0.3) is 15.9 Å². The Bertz CT molecular complexity index is 1300. The molecule has 8 heteroatoms. The van der Waals surface area contributed by atoms with Crippen molar-refractivity contribution in [3.8, 4) is 11.4 Å². The number of thioether (sulfide) groups is 1. The fourth-order valence-corrected chi connectivity index (χ4v) is 5.78. The first-order valence-corrected chi connectivity index (χ1v) is 12.5. The highest BCUT2D eigenvalue weighted by atomic mass is 35.5. The normalized spacial score (nSPS) is 11.2. The fraction of sp³-hybridized carbons (Fsp3) is 0.250. The van der Waals surface area contributed by atoms with Gasteiger partial charge in [0.1, 0.15) is 16.4 Å². The molecule has 0 bridgehead atoms. The molecule has 0 amide bonds. The Labute approximate surface area is 199 Å². The van der Waals surface area contributed by atoms with Crippen LogP contribution in [0.2, 0.25) is 5.02 Å². The van der Waals surface area contributed by atoms with Crippen molar-refractivity contribution in [2.24, 2.45) is 0 Å². The quantitative estimate of drug-likeness (QED) is 0.158. The topological polar surface area (TPSA) is 44.1 Å². The molecule has 0 unspecified atom stereocenters. The molecule has 2 aromatic heterocycles. The van der Waals surface area contributed by atoms with Gasteiger partial charge in [0.25, 0.3) is 5.56 Å². The number of ether oxygens (including phenoxy) is 1. The predicted molar refractivity (Wildman–Crippen MR) is 132 cm³/mol. The standard InChI is InChI=1S/C24H22ClFN2O2S2/c1-3-6-20-15(2)21-22(32-20)27-24(28(23(21)29)17-11-9-16(26)10-12-17)31-14-13-30-19-8-5-4-7-18(19)25/h4-5,7-12H,3,6,13-14H2,1-2H3. The van der Waals surface area contributed by atoms with Crippen LogP contribution < -0.4 is 10.3 Å². The van der Waals surface area contributed by atoms with Crippen molar-refractivity contribution in [2.75, 3.05) is 12.4 Å². The van der Waals surface area contributed by atoms with Crippen molar-refractivity contribution in [3.05, 3.63) is 80.2 Å². The van der Waals surface area contributed by atoms with Gasteiger partial charge < -0.3 is 4.74 Å². The lowest BCUT2D eigenvalue weighted by Crippen LogP contribution is -2.22. The molecule has 166 valence electrons. The zero-order chi connectivity index (χ0) is 22.7. The Morgan fingerprint density at radius 1 is 1.19 bits per heavy atom. The van der Waals surface area contributed by atoms with E-state index in [0.717, 1.165) is 23.2 Å². The fourth-order valence-electron chi connectivity index (χ4n) is 3.44. The lowest BCUT2D eigenvalue weighted by Gasteiger charge is -2.13. The average molecular weight is 489 g/mol. The molecular formula is C24H22ClFN2O2S2. The maximum absolute atomic E-state index is 13.5. The molecule has 0 aliphatic carbocycles. The Morgan fingerprint density at radius 2 is 1.94 bits per heavy atom. The molecule has 0 saturated heterocycles. The first-order chi connectivity index (χ1) is 15.5. The second kappa shape index (κ2) is 10.1. The highest BCUT2D eigenvalue weighted by Gasteiger charge is 2.19. The number of hydrogen-bond acceptors (Lipinski definition) is 5. The summed E-state index contributed by atoms with van der Waals surface area (Å²) in [4.78, 5) is 20.3. The summed E-state index contributed by atoms with van der Waals surface area (Å²) in [6, 6.07) is 13.2. The summed E-state index contributed by atoms with van der Waals surface area (Å²) in [6.07, 6.45) is 1.91. The number of halogens is 2. The highest BCUT2D eigenvalue weighted by Crippen LogP contribution is 2.31. The van der Waals surface area contributed by atoms with Crippen LogP contribution in [0.3, 0.4) is 0 Å². The average Bonchev–Trinajstić information content (AvgIpc) is 3.09. The number of nitrogens with zero attached hydrogens (tertiary/aromatic N) is 2. The van der Waals surface area contributed by atoms with Gasteiger partial charge in [0.2, 0.25) is 0 Å². The second-order valence-electron chi connectivity index (χ2n) is 7.22. The second-order valence-corrected chi connectivity index (χ2v) is 9.77. The molecule has 2 heterocycles. The van der Waals surface area contributed by atoms with Crippen molar-refractivity contribution in [2.45, 2.75) is 31.8 Å². The van der Waals surface area contributed by atoms with Crippen molar-refractivity contribution in [1.82, 2.24) is 9.55 Å². The smallest absolute Gasteiger partial charge is 0.267 e. The first-order valence-electron chi connectivity index (χ1n) is 10.3. The van der Waals surface area contributed by atoms with E-state index in [1.807, 2.05) is 25.1 Å². The Morgan fingerprint density at radius 3 is 2.66 bits per heavy atom. The minimum atomic E-state index is -0.352. The van der Waals surface area contributed by atoms with Crippen molar-refractivity contribution in [3.63, 3.8) is 0 Å². The van der Waals surface area contributed by atoms with E-state index in [2.05, 4.69) is 6.92 Å². The molecule has 4 nitrogen and oxygen atoms in total. The number of thiophene rings is 1. The number of aryl methyl sites for hydroxylation is 2. The maximum atomic E-state index is 13.5. The molecule has 0 fully saturated rings. The third-order valence-electron chi connectivity index (χ3n) is 5.00. The summed E-state index contributed by atoms with van der Waals surface area (Å²) in [5, 5.41) is 1.75. The van der Waals surface area contributed by atoms with Crippen LogP contribution in [0, 0.1) is 12.7 Å². The van der Waals surface area contributed by atoms with Crippen molar-refractivity contribution >= 4 is 44.9 Å². The zero-order valence-electron chi connectivity index (χ0n) is 17.7. The summed E-state index contributed by atoms with van der Waals surface area (Å²) in [7, 11) is 0. The number of aromatic nitrogens is 2.